The highest BCUT2D eigenvalue weighted by molar-refractivity contribution is 6.00. The standard InChI is InChI=1S/C19H25N7O2/c1-12-17(13(2)26(24-12)9-10-28-3)21-19(27)20-15-7-8-16-22-23-18(25(16)11-15)14-5-4-6-14/h7-8,11,14H,4-6,9-10H2,1-3H3,(H2,20,21,27). The molecule has 148 valence electrons. The lowest BCUT2D eigenvalue weighted by atomic mass is 9.85. The number of fused-ring (bicyclic) bond motifs is 1. The van der Waals surface area contributed by atoms with E-state index in [9.17, 15) is 4.79 Å². The maximum absolute atomic E-state index is 12.5. The van der Waals surface area contributed by atoms with E-state index in [1.807, 2.05) is 41.3 Å². The lowest BCUT2D eigenvalue weighted by Gasteiger charge is -2.23. The van der Waals surface area contributed by atoms with E-state index in [0.29, 0.717) is 30.4 Å². The van der Waals surface area contributed by atoms with Crippen LogP contribution >= 0.6 is 0 Å². The Morgan fingerprint density at radius 1 is 1.25 bits per heavy atom. The Morgan fingerprint density at radius 2 is 2.07 bits per heavy atom. The summed E-state index contributed by atoms with van der Waals surface area (Å²) in [5.41, 5.74) is 3.86. The van der Waals surface area contributed by atoms with Gasteiger partial charge in [-0.3, -0.25) is 9.08 Å². The van der Waals surface area contributed by atoms with Gasteiger partial charge in [0.1, 0.15) is 5.82 Å². The Labute approximate surface area is 163 Å². The number of hydrogen-bond donors (Lipinski definition) is 2. The second-order valence-electron chi connectivity index (χ2n) is 7.17. The lowest BCUT2D eigenvalue weighted by molar-refractivity contribution is 0.182. The number of hydrogen-bond acceptors (Lipinski definition) is 5. The van der Waals surface area contributed by atoms with Crippen LogP contribution < -0.4 is 10.6 Å². The molecule has 0 atom stereocenters. The summed E-state index contributed by atoms with van der Waals surface area (Å²) in [5, 5.41) is 18.8. The van der Waals surface area contributed by atoms with Crippen LogP contribution in [0.4, 0.5) is 16.2 Å². The first-order valence-corrected chi connectivity index (χ1v) is 9.52. The van der Waals surface area contributed by atoms with Gasteiger partial charge in [-0.15, -0.1) is 10.2 Å². The topological polar surface area (TPSA) is 98.4 Å². The predicted molar refractivity (Wildman–Crippen MR) is 106 cm³/mol. The first kappa shape index (κ1) is 18.4. The predicted octanol–water partition coefficient (Wildman–Crippen LogP) is 3.10. The minimum atomic E-state index is -0.310. The van der Waals surface area contributed by atoms with Crippen LogP contribution in [0.25, 0.3) is 5.65 Å². The number of pyridine rings is 1. The molecule has 0 unspecified atom stereocenters. The summed E-state index contributed by atoms with van der Waals surface area (Å²) in [6.07, 6.45) is 5.40. The zero-order valence-corrected chi connectivity index (χ0v) is 16.4. The monoisotopic (exact) mass is 383 g/mol. The van der Waals surface area contributed by atoms with E-state index < -0.39 is 0 Å². The third-order valence-corrected chi connectivity index (χ3v) is 5.28. The zero-order chi connectivity index (χ0) is 19.7. The quantitative estimate of drug-likeness (QED) is 0.681. The van der Waals surface area contributed by atoms with Crippen molar-refractivity contribution in [2.75, 3.05) is 24.4 Å². The molecule has 0 aromatic carbocycles. The van der Waals surface area contributed by atoms with Gasteiger partial charge in [0.2, 0.25) is 0 Å². The molecular weight excluding hydrogens is 358 g/mol. The van der Waals surface area contributed by atoms with Crippen molar-refractivity contribution in [2.24, 2.45) is 0 Å². The van der Waals surface area contributed by atoms with Gasteiger partial charge in [-0.25, -0.2) is 4.79 Å². The van der Waals surface area contributed by atoms with Crippen molar-refractivity contribution in [3.05, 3.63) is 35.5 Å². The molecule has 1 aliphatic rings. The van der Waals surface area contributed by atoms with Gasteiger partial charge < -0.3 is 15.4 Å². The highest BCUT2D eigenvalue weighted by atomic mass is 16.5. The molecule has 2 N–H and O–H groups in total. The number of urea groups is 1. The summed E-state index contributed by atoms with van der Waals surface area (Å²) in [6.45, 7) is 5.01. The number of carbonyl (C=O) groups excluding carboxylic acids is 1. The first-order chi connectivity index (χ1) is 13.6. The average Bonchev–Trinajstić information content (AvgIpc) is 3.14. The van der Waals surface area contributed by atoms with Crippen LogP contribution in [0.5, 0.6) is 0 Å². The van der Waals surface area contributed by atoms with Gasteiger partial charge in [-0.2, -0.15) is 5.10 Å². The molecule has 3 heterocycles. The van der Waals surface area contributed by atoms with Crippen LogP contribution in [0.3, 0.4) is 0 Å². The number of nitrogens with zero attached hydrogens (tertiary/aromatic N) is 5. The van der Waals surface area contributed by atoms with E-state index in [-0.39, 0.29) is 6.03 Å². The lowest BCUT2D eigenvalue weighted by Crippen LogP contribution is -2.21. The SMILES string of the molecule is COCCn1nc(C)c(NC(=O)Nc2ccc3nnc(C4CCC4)n3c2)c1C. The van der Waals surface area contributed by atoms with E-state index in [0.717, 1.165) is 35.7 Å². The van der Waals surface area contributed by atoms with Crippen molar-refractivity contribution >= 4 is 23.1 Å². The van der Waals surface area contributed by atoms with Gasteiger partial charge in [0.15, 0.2) is 5.65 Å². The number of carbonyl (C=O) groups is 1. The fourth-order valence-electron chi connectivity index (χ4n) is 3.48. The van der Waals surface area contributed by atoms with E-state index in [4.69, 9.17) is 4.74 Å². The van der Waals surface area contributed by atoms with Gasteiger partial charge >= 0.3 is 6.03 Å². The Hall–Kier alpha value is -2.94. The molecule has 1 fully saturated rings. The fraction of sp³-hybridized carbons (Fsp3) is 0.474. The number of amides is 2. The molecule has 0 aliphatic heterocycles. The fourth-order valence-corrected chi connectivity index (χ4v) is 3.48. The Morgan fingerprint density at radius 3 is 2.79 bits per heavy atom. The second-order valence-corrected chi connectivity index (χ2v) is 7.17. The largest absolute Gasteiger partial charge is 0.383 e. The number of methoxy groups -OCH3 is 1. The van der Waals surface area contributed by atoms with Crippen molar-refractivity contribution < 1.29 is 9.53 Å². The highest BCUT2D eigenvalue weighted by Crippen LogP contribution is 2.35. The molecular formula is C19H25N7O2. The molecule has 0 bridgehead atoms. The van der Waals surface area contributed by atoms with Gasteiger partial charge in [0, 0.05) is 19.2 Å². The minimum absolute atomic E-state index is 0.310. The number of anilines is 2. The maximum Gasteiger partial charge on any atom is 0.323 e. The number of aryl methyl sites for hydroxylation is 1. The molecule has 3 aromatic heterocycles. The van der Waals surface area contributed by atoms with E-state index in [1.54, 1.807) is 7.11 Å². The van der Waals surface area contributed by atoms with Gasteiger partial charge in [0.05, 0.1) is 35.9 Å². The summed E-state index contributed by atoms with van der Waals surface area (Å²) in [6, 6.07) is 3.38. The van der Waals surface area contributed by atoms with Crippen LogP contribution in [0.2, 0.25) is 0 Å². The summed E-state index contributed by atoms with van der Waals surface area (Å²) in [7, 11) is 1.65. The number of aromatic nitrogens is 5. The molecule has 4 rings (SSSR count). The van der Waals surface area contributed by atoms with Crippen molar-refractivity contribution in [2.45, 2.75) is 45.6 Å². The summed E-state index contributed by atoms with van der Waals surface area (Å²) < 4.78 is 8.91. The third-order valence-electron chi connectivity index (χ3n) is 5.28. The first-order valence-electron chi connectivity index (χ1n) is 9.52. The number of ether oxygens (including phenoxy) is 1. The van der Waals surface area contributed by atoms with Gasteiger partial charge in [-0.05, 0) is 38.8 Å². The van der Waals surface area contributed by atoms with Crippen LogP contribution in [0.1, 0.15) is 42.4 Å². The molecule has 0 spiro atoms. The van der Waals surface area contributed by atoms with Crippen molar-refractivity contribution in [3.63, 3.8) is 0 Å². The van der Waals surface area contributed by atoms with E-state index >= 15 is 0 Å². The second kappa shape index (κ2) is 7.59. The maximum atomic E-state index is 12.5. The van der Waals surface area contributed by atoms with E-state index in [2.05, 4.69) is 25.9 Å². The third kappa shape index (κ3) is 3.45. The molecule has 9 heteroatoms. The molecule has 9 nitrogen and oxygen atoms in total. The molecule has 1 aliphatic carbocycles. The Bertz CT molecular complexity index is 1000. The van der Waals surface area contributed by atoms with Crippen molar-refractivity contribution in [1.82, 2.24) is 24.4 Å². The van der Waals surface area contributed by atoms with Crippen molar-refractivity contribution in [3.8, 4) is 0 Å². The number of rotatable bonds is 6. The van der Waals surface area contributed by atoms with Crippen LogP contribution in [-0.2, 0) is 11.3 Å². The molecule has 0 saturated heterocycles. The molecule has 28 heavy (non-hydrogen) atoms. The molecule has 3 aromatic rings. The minimum Gasteiger partial charge on any atom is -0.383 e. The normalized spacial score (nSPS) is 14.2. The summed E-state index contributed by atoms with van der Waals surface area (Å²) in [5.74, 6) is 1.43. The molecule has 0 radical (unpaired) electrons. The average molecular weight is 383 g/mol. The number of nitrogens with one attached hydrogen (secondary N) is 2. The van der Waals surface area contributed by atoms with E-state index in [1.165, 1.54) is 6.42 Å². The smallest absolute Gasteiger partial charge is 0.323 e. The van der Waals surface area contributed by atoms with Gasteiger partial charge in [-0.1, -0.05) is 6.42 Å². The van der Waals surface area contributed by atoms with Crippen molar-refractivity contribution in [1.29, 1.82) is 0 Å². The summed E-state index contributed by atoms with van der Waals surface area (Å²) in [4.78, 5) is 12.5. The zero-order valence-electron chi connectivity index (χ0n) is 16.4. The summed E-state index contributed by atoms with van der Waals surface area (Å²) >= 11 is 0. The Kier molecular flexibility index (Phi) is 4.99. The molecule has 2 amide bonds. The van der Waals surface area contributed by atoms with Crippen LogP contribution in [0.15, 0.2) is 18.3 Å². The molecule has 1 saturated carbocycles. The van der Waals surface area contributed by atoms with Gasteiger partial charge in [0.25, 0.3) is 0 Å². The van der Waals surface area contributed by atoms with Crippen LogP contribution in [-0.4, -0.2) is 44.1 Å². The highest BCUT2D eigenvalue weighted by Gasteiger charge is 2.24. The van der Waals surface area contributed by atoms with Crippen LogP contribution in [0, 0.1) is 13.8 Å². The Balaban J connectivity index is 1.49.